The van der Waals surface area contributed by atoms with Crippen LogP contribution in [-0.4, -0.2) is 41.8 Å². The molecule has 0 unspecified atom stereocenters. The Labute approximate surface area is 144 Å². The predicted molar refractivity (Wildman–Crippen MR) is 87.9 cm³/mol. The fourth-order valence-electron chi connectivity index (χ4n) is 2.66. The van der Waals surface area contributed by atoms with Gasteiger partial charge >= 0.3 is 12.1 Å². The molecule has 1 aliphatic heterocycles. The van der Waals surface area contributed by atoms with Crippen molar-refractivity contribution in [3.8, 4) is 0 Å². The largest absolute Gasteiger partial charge is 0.466 e. The lowest BCUT2D eigenvalue weighted by molar-refractivity contribution is -0.148. The molecular formula is C17H22F3N3O2. The van der Waals surface area contributed by atoms with E-state index < -0.39 is 12.6 Å². The van der Waals surface area contributed by atoms with E-state index in [4.69, 9.17) is 4.74 Å². The maximum atomic E-state index is 12.1. The molecule has 0 radical (unpaired) electrons. The summed E-state index contributed by atoms with van der Waals surface area (Å²) in [5.74, 6) is 0.421. The van der Waals surface area contributed by atoms with Crippen LogP contribution in [0, 0.1) is 5.92 Å². The van der Waals surface area contributed by atoms with E-state index in [0.717, 1.165) is 0 Å². The lowest BCUT2D eigenvalue weighted by Gasteiger charge is -2.31. The van der Waals surface area contributed by atoms with Gasteiger partial charge in [-0.05, 0) is 32.3 Å². The molecule has 1 fully saturated rings. The first-order valence-corrected chi connectivity index (χ1v) is 8.36. The number of esters is 1. The van der Waals surface area contributed by atoms with Crippen molar-refractivity contribution in [2.45, 2.75) is 38.8 Å². The number of carbonyl (C=O) groups excluding carboxylic acids is 1. The second kappa shape index (κ2) is 8.82. The monoisotopic (exact) mass is 357 g/mol. The van der Waals surface area contributed by atoms with E-state index in [1.807, 2.05) is 4.90 Å². The van der Waals surface area contributed by atoms with Gasteiger partial charge in [0.05, 0.1) is 30.6 Å². The number of hydrogen-bond acceptors (Lipinski definition) is 5. The Morgan fingerprint density at radius 3 is 2.72 bits per heavy atom. The molecule has 8 heteroatoms. The van der Waals surface area contributed by atoms with Gasteiger partial charge in [-0.15, -0.1) is 0 Å². The first-order chi connectivity index (χ1) is 11.9. The number of halogens is 3. The molecule has 25 heavy (non-hydrogen) atoms. The van der Waals surface area contributed by atoms with Crippen LogP contribution < -0.4 is 4.90 Å². The van der Waals surface area contributed by atoms with Crippen molar-refractivity contribution in [3.63, 3.8) is 0 Å². The zero-order valence-corrected chi connectivity index (χ0v) is 14.1. The van der Waals surface area contributed by atoms with E-state index in [0.29, 0.717) is 44.0 Å². The molecule has 5 nitrogen and oxygen atoms in total. The van der Waals surface area contributed by atoms with Gasteiger partial charge in [-0.25, -0.2) is 4.98 Å². The molecule has 2 heterocycles. The zero-order valence-electron chi connectivity index (χ0n) is 14.1. The van der Waals surface area contributed by atoms with Crippen LogP contribution in [0.3, 0.4) is 0 Å². The van der Waals surface area contributed by atoms with Crippen molar-refractivity contribution < 1.29 is 22.7 Å². The van der Waals surface area contributed by atoms with Gasteiger partial charge in [-0.3, -0.25) is 9.78 Å². The minimum atomic E-state index is -4.15. The molecule has 1 saturated heterocycles. The maximum absolute atomic E-state index is 12.1. The number of rotatable bonds is 6. The third-order valence-electron chi connectivity index (χ3n) is 3.96. The Kier molecular flexibility index (Phi) is 6.78. The first-order valence-electron chi connectivity index (χ1n) is 8.36. The van der Waals surface area contributed by atoms with Gasteiger partial charge in [-0.2, -0.15) is 13.2 Å². The number of anilines is 1. The highest BCUT2D eigenvalue weighted by Gasteiger charge is 2.27. The third-order valence-corrected chi connectivity index (χ3v) is 3.96. The number of allylic oxidation sites excluding steroid dienone is 1. The smallest absolute Gasteiger partial charge is 0.389 e. The molecule has 1 aliphatic rings. The summed E-state index contributed by atoms with van der Waals surface area (Å²) >= 11 is 0. The standard InChI is InChI=1S/C17H22F3N3O2/c1-2-25-16(24)13-6-9-23(10-7-13)15-12-21-11-14(22-15)5-3-4-8-17(18,19)20/h3,5,11-13H,2,4,6-10H2,1H3/b5-3+. The number of aromatic nitrogens is 2. The Morgan fingerprint density at radius 1 is 1.36 bits per heavy atom. The molecule has 0 saturated carbocycles. The number of nitrogens with zero attached hydrogens (tertiary/aromatic N) is 3. The van der Waals surface area contributed by atoms with Gasteiger partial charge in [0, 0.05) is 19.5 Å². The van der Waals surface area contributed by atoms with Crippen molar-refractivity contribution in [2.75, 3.05) is 24.6 Å². The number of alkyl halides is 3. The highest BCUT2D eigenvalue weighted by Crippen LogP contribution is 2.23. The van der Waals surface area contributed by atoms with Crippen LogP contribution in [0.15, 0.2) is 18.5 Å². The number of ether oxygens (including phenoxy) is 1. The summed E-state index contributed by atoms with van der Waals surface area (Å²) in [4.78, 5) is 22.3. The highest BCUT2D eigenvalue weighted by atomic mass is 19.4. The summed E-state index contributed by atoms with van der Waals surface area (Å²) in [6, 6.07) is 0. The summed E-state index contributed by atoms with van der Waals surface area (Å²) in [5.41, 5.74) is 0.521. The van der Waals surface area contributed by atoms with Crippen LogP contribution in [0.4, 0.5) is 19.0 Å². The molecular weight excluding hydrogens is 335 g/mol. The molecule has 0 bridgehead atoms. The molecule has 0 aliphatic carbocycles. The Bertz CT molecular complexity index is 597. The van der Waals surface area contributed by atoms with Gasteiger partial charge in [0.25, 0.3) is 0 Å². The number of carbonyl (C=O) groups is 1. The van der Waals surface area contributed by atoms with Crippen LogP contribution in [0.1, 0.15) is 38.3 Å². The van der Waals surface area contributed by atoms with Crippen LogP contribution in [0.2, 0.25) is 0 Å². The second-order valence-corrected chi connectivity index (χ2v) is 5.87. The highest BCUT2D eigenvalue weighted by molar-refractivity contribution is 5.72. The average molecular weight is 357 g/mol. The summed E-state index contributed by atoms with van der Waals surface area (Å²) < 4.78 is 41.4. The topological polar surface area (TPSA) is 55.3 Å². The fraction of sp³-hybridized carbons (Fsp3) is 0.588. The van der Waals surface area contributed by atoms with Crippen molar-refractivity contribution in [2.24, 2.45) is 5.92 Å². The van der Waals surface area contributed by atoms with Gasteiger partial charge in [0.15, 0.2) is 0 Å². The molecule has 0 aromatic carbocycles. The number of piperidine rings is 1. The first kappa shape index (κ1) is 19.2. The van der Waals surface area contributed by atoms with Crippen LogP contribution in [-0.2, 0) is 9.53 Å². The van der Waals surface area contributed by atoms with Crippen molar-refractivity contribution >= 4 is 17.9 Å². The van der Waals surface area contributed by atoms with Gasteiger partial charge in [0.2, 0.25) is 0 Å². The SMILES string of the molecule is CCOC(=O)C1CCN(c2cncc(/C=C/CCC(F)(F)F)n2)CC1. The van der Waals surface area contributed by atoms with Crippen LogP contribution in [0.5, 0.6) is 0 Å². The summed E-state index contributed by atoms with van der Waals surface area (Å²) in [6.07, 6.45) is 2.43. The molecule has 138 valence electrons. The lowest BCUT2D eigenvalue weighted by atomic mass is 9.97. The van der Waals surface area contributed by atoms with E-state index in [9.17, 15) is 18.0 Å². The van der Waals surface area contributed by atoms with E-state index in [1.54, 1.807) is 19.2 Å². The Morgan fingerprint density at radius 2 is 2.08 bits per heavy atom. The molecule has 2 rings (SSSR count). The molecule has 0 spiro atoms. The van der Waals surface area contributed by atoms with E-state index in [1.165, 1.54) is 12.3 Å². The van der Waals surface area contributed by atoms with E-state index in [-0.39, 0.29) is 18.3 Å². The summed E-state index contributed by atoms with van der Waals surface area (Å²) in [7, 11) is 0. The average Bonchev–Trinajstić information content (AvgIpc) is 2.59. The minimum absolute atomic E-state index is 0.0830. The van der Waals surface area contributed by atoms with E-state index in [2.05, 4.69) is 9.97 Å². The number of hydrogen-bond donors (Lipinski definition) is 0. The molecule has 1 aromatic rings. The molecule has 1 aromatic heterocycles. The summed E-state index contributed by atoms with van der Waals surface area (Å²) in [5, 5.41) is 0. The third kappa shape index (κ3) is 6.36. The second-order valence-electron chi connectivity index (χ2n) is 5.87. The van der Waals surface area contributed by atoms with E-state index >= 15 is 0 Å². The fourth-order valence-corrected chi connectivity index (χ4v) is 2.66. The molecule has 0 N–H and O–H groups in total. The van der Waals surface area contributed by atoms with Crippen LogP contribution >= 0.6 is 0 Å². The van der Waals surface area contributed by atoms with Crippen molar-refractivity contribution in [1.29, 1.82) is 0 Å². The lowest BCUT2D eigenvalue weighted by Crippen LogP contribution is -2.37. The summed E-state index contributed by atoms with van der Waals surface area (Å²) in [6.45, 7) is 3.50. The predicted octanol–water partition coefficient (Wildman–Crippen LogP) is 3.61. The normalized spacial score (nSPS) is 16.4. The van der Waals surface area contributed by atoms with Crippen molar-refractivity contribution in [1.82, 2.24) is 9.97 Å². The maximum Gasteiger partial charge on any atom is 0.389 e. The Balaban J connectivity index is 1.89. The quantitative estimate of drug-likeness (QED) is 0.728. The molecule has 0 atom stereocenters. The van der Waals surface area contributed by atoms with Crippen molar-refractivity contribution in [3.05, 3.63) is 24.2 Å². The Hall–Kier alpha value is -2.12. The zero-order chi connectivity index (χ0) is 18.3. The van der Waals surface area contributed by atoms with Gasteiger partial charge in [0.1, 0.15) is 5.82 Å². The van der Waals surface area contributed by atoms with Gasteiger partial charge in [-0.1, -0.05) is 6.08 Å². The van der Waals surface area contributed by atoms with Gasteiger partial charge < -0.3 is 9.64 Å². The minimum Gasteiger partial charge on any atom is -0.466 e. The van der Waals surface area contributed by atoms with Crippen LogP contribution in [0.25, 0.3) is 6.08 Å². The molecule has 0 amide bonds.